The number of ether oxygens (including phenoxy) is 3. The first kappa shape index (κ1) is 15.1. The number of hydrogen-bond donors (Lipinski definition) is 1. The largest absolute Gasteiger partial charge is 0.467 e. The standard InChI is InChI=1S/C14H16FN3O3S/c1-19-3-2-12-17-14(22-18-12)16-6-9-4-11(15)5-10-7-20-8-21-13(9)10/h4-5H,2-3,6-8H2,1H3,(H,16,17,18). The Kier molecular flexibility index (Phi) is 4.81. The van der Waals surface area contributed by atoms with Gasteiger partial charge in [-0.25, -0.2) is 9.37 Å². The van der Waals surface area contributed by atoms with Crippen molar-refractivity contribution in [3.05, 3.63) is 34.9 Å². The third-order valence-electron chi connectivity index (χ3n) is 3.18. The summed E-state index contributed by atoms with van der Waals surface area (Å²) in [6.45, 7) is 1.55. The molecule has 0 unspecified atom stereocenters. The summed E-state index contributed by atoms with van der Waals surface area (Å²) in [5.41, 5.74) is 1.47. The average molecular weight is 325 g/mol. The fraction of sp³-hybridized carbons (Fsp3) is 0.429. The van der Waals surface area contributed by atoms with Crippen molar-refractivity contribution < 1.29 is 18.6 Å². The van der Waals surface area contributed by atoms with Crippen LogP contribution >= 0.6 is 11.5 Å². The van der Waals surface area contributed by atoms with Gasteiger partial charge >= 0.3 is 0 Å². The Balaban J connectivity index is 1.68. The number of anilines is 1. The molecule has 1 aromatic heterocycles. The molecule has 1 aromatic carbocycles. The number of aromatic nitrogens is 2. The number of methoxy groups -OCH3 is 1. The van der Waals surface area contributed by atoms with Crippen LogP contribution in [0.5, 0.6) is 5.75 Å². The highest BCUT2D eigenvalue weighted by Crippen LogP contribution is 2.30. The molecule has 0 atom stereocenters. The normalized spacial score (nSPS) is 13.5. The van der Waals surface area contributed by atoms with Gasteiger partial charge in [0, 0.05) is 42.7 Å². The molecule has 6 nitrogen and oxygen atoms in total. The maximum absolute atomic E-state index is 13.6. The molecule has 0 fully saturated rings. The minimum absolute atomic E-state index is 0.186. The van der Waals surface area contributed by atoms with Gasteiger partial charge in [-0.15, -0.1) is 0 Å². The van der Waals surface area contributed by atoms with E-state index in [1.165, 1.54) is 23.7 Å². The summed E-state index contributed by atoms with van der Waals surface area (Å²) in [7, 11) is 1.64. The third kappa shape index (κ3) is 3.52. The number of rotatable bonds is 6. The zero-order chi connectivity index (χ0) is 15.4. The van der Waals surface area contributed by atoms with E-state index >= 15 is 0 Å². The summed E-state index contributed by atoms with van der Waals surface area (Å²) in [6, 6.07) is 2.90. The summed E-state index contributed by atoms with van der Waals surface area (Å²) in [4.78, 5) is 4.35. The van der Waals surface area contributed by atoms with Gasteiger partial charge in [-0.05, 0) is 12.1 Å². The Morgan fingerprint density at radius 1 is 1.45 bits per heavy atom. The number of hydrogen-bond acceptors (Lipinski definition) is 7. The number of nitrogens with one attached hydrogen (secondary N) is 1. The third-order valence-corrected chi connectivity index (χ3v) is 3.89. The van der Waals surface area contributed by atoms with Crippen molar-refractivity contribution in [2.24, 2.45) is 0 Å². The molecular weight excluding hydrogens is 309 g/mol. The zero-order valence-electron chi connectivity index (χ0n) is 12.1. The topological polar surface area (TPSA) is 65.5 Å². The Morgan fingerprint density at radius 3 is 3.23 bits per heavy atom. The second-order valence-electron chi connectivity index (χ2n) is 4.78. The summed E-state index contributed by atoms with van der Waals surface area (Å²) >= 11 is 1.27. The molecule has 118 valence electrons. The van der Waals surface area contributed by atoms with Crippen LogP contribution in [0.4, 0.5) is 9.52 Å². The zero-order valence-corrected chi connectivity index (χ0v) is 12.9. The van der Waals surface area contributed by atoms with E-state index in [1.54, 1.807) is 7.11 Å². The van der Waals surface area contributed by atoms with Gasteiger partial charge in [-0.3, -0.25) is 0 Å². The van der Waals surface area contributed by atoms with E-state index in [9.17, 15) is 4.39 Å². The second kappa shape index (κ2) is 6.99. The fourth-order valence-corrected chi connectivity index (χ4v) is 2.79. The van der Waals surface area contributed by atoms with Gasteiger partial charge in [0.1, 0.15) is 17.4 Å². The van der Waals surface area contributed by atoms with Gasteiger partial charge < -0.3 is 19.5 Å². The Labute approximate surface area is 131 Å². The van der Waals surface area contributed by atoms with E-state index in [4.69, 9.17) is 14.2 Å². The van der Waals surface area contributed by atoms with E-state index in [2.05, 4.69) is 14.7 Å². The van der Waals surface area contributed by atoms with E-state index in [1.807, 2.05) is 0 Å². The number of fused-ring (bicyclic) bond motifs is 1. The van der Waals surface area contributed by atoms with Crippen LogP contribution in [-0.4, -0.2) is 29.9 Å². The van der Waals surface area contributed by atoms with Crippen LogP contribution in [0.25, 0.3) is 0 Å². The monoisotopic (exact) mass is 325 g/mol. The van der Waals surface area contributed by atoms with Crippen molar-refractivity contribution >= 4 is 16.7 Å². The first-order chi connectivity index (χ1) is 10.8. The number of benzene rings is 1. The Hall–Kier alpha value is -1.77. The molecule has 1 aliphatic rings. The van der Waals surface area contributed by atoms with Crippen molar-refractivity contribution in [1.29, 1.82) is 0 Å². The average Bonchev–Trinajstić information content (AvgIpc) is 2.98. The molecule has 1 N–H and O–H groups in total. The fourth-order valence-electron chi connectivity index (χ4n) is 2.18. The highest BCUT2D eigenvalue weighted by Gasteiger charge is 2.17. The van der Waals surface area contributed by atoms with Gasteiger partial charge in [0.15, 0.2) is 6.79 Å². The molecule has 0 radical (unpaired) electrons. The molecule has 3 rings (SSSR count). The van der Waals surface area contributed by atoms with Gasteiger partial charge in [0.25, 0.3) is 0 Å². The van der Waals surface area contributed by atoms with Crippen LogP contribution in [0.3, 0.4) is 0 Å². The molecule has 22 heavy (non-hydrogen) atoms. The maximum Gasteiger partial charge on any atom is 0.202 e. The van der Waals surface area contributed by atoms with Gasteiger partial charge in [0.2, 0.25) is 5.13 Å². The molecular formula is C14H16FN3O3S. The summed E-state index contributed by atoms with van der Waals surface area (Å²) in [5.74, 6) is 1.12. The lowest BCUT2D eigenvalue weighted by molar-refractivity contribution is -0.0172. The first-order valence-corrected chi connectivity index (χ1v) is 7.61. The summed E-state index contributed by atoms with van der Waals surface area (Å²) < 4.78 is 33.5. The van der Waals surface area contributed by atoms with Crippen LogP contribution in [0.15, 0.2) is 12.1 Å². The van der Waals surface area contributed by atoms with Crippen LogP contribution in [0.1, 0.15) is 17.0 Å². The number of nitrogens with zero attached hydrogens (tertiary/aromatic N) is 2. The predicted molar refractivity (Wildman–Crippen MR) is 79.5 cm³/mol. The lowest BCUT2D eigenvalue weighted by Gasteiger charge is -2.20. The minimum Gasteiger partial charge on any atom is -0.467 e. The molecule has 0 saturated carbocycles. The van der Waals surface area contributed by atoms with Crippen LogP contribution in [0, 0.1) is 5.82 Å². The van der Waals surface area contributed by atoms with Gasteiger partial charge in [-0.1, -0.05) is 0 Å². The van der Waals surface area contributed by atoms with Crippen molar-refractivity contribution in [1.82, 2.24) is 9.36 Å². The molecule has 2 heterocycles. The van der Waals surface area contributed by atoms with Crippen LogP contribution in [-0.2, 0) is 29.0 Å². The Morgan fingerprint density at radius 2 is 2.36 bits per heavy atom. The molecule has 0 amide bonds. The highest BCUT2D eigenvalue weighted by molar-refractivity contribution is 7.09. The van der Waals surface area contributed by atoms with Gasteiger partial charge in [0.05, 0.1) is 13.2 Å². The molecule has 0 spiro atoms. The van der Waals surface area contributed by atoms with E-state index in [0.717, 1.165) is 17.0 Å². The molecule has 0 bridgehead atoms. The SMILES string of the molecule is COCCc1nsc(NCc2cc(F)cc3c2OCOC3)n1. The summed E-state index contributed by atoms with van der Waals surface area (Å²) in [5, 5.41) is 3.84. The van der Waals surface area contributed by atoms with E-state index < -0.39 is 0 Å². The summed E-state index contributed by atoms with van der Waals surface area (Å²) in [6.07, 6.45) is 0.671. The minimum atomic E-state index is -0.303. The van der Waals surface area contributed by atoms with Crippen LogP contribution in [0.2, 0.25) is 0 Å². The van der Waals surface area contributed by atoms with Crippen molar-refractivity contribution in [3.63, 3.8) is 0 Å². The number of halogens is 1. The molecule has 1 aliphatic heterocycles. The molecule has 0 aliphatic carbocycles. The van der Waals surface area contributed by atoms with Crippen LogP contribution < -0.4 is 10.1 Å². The van der Waals surface area contributed by atoms with Crippen molar-refractivity contribution in [2.45, 2.75) is 19.6 Å². The lowest BCUT2D eigenvalue weighted by atomic mass is 10.1. The lowest BCUT2D eigenvalue weighted by Crippen LogP contribution is -2.14. The maximum atomic E-state index is 13.6. The highest BCUT2D eigenvalue weighted by atomic mass is 32.1. The van der Waals surface area contributed by atoms with E-state index in [0.29, 0.717) is 37.1 Å². The molecule has 0 saturated heterocycles. The molecule has 2 aromatic rings. The predicted octanol–water partition coefficient (Wildman–Crippen LogP) is 2.34. The first-order valence-electron chi connectivity index (χ1n) is 6.83. The van der Waals surface area contributed by atoms with Crippen molar-refractivity contribution in [3.8, 4) is 5.75 Å². The smallest absolute Gasteiger partial charge is 0.202 e. The van der Waals surface area contributed by atoms with Crippen molar-refractivity contribution in [2.75, 3.05) is 25.8 Å². The Bertz CT molecular complexity index is 650. The quantitative estimate of drug-likeness (QED) is 0.879. The van der Waals surface area contributed by atoms with Gasteiger partial charge in [-0.2, -0.15) is 4.37 Å². The second-order valence-corrected chi connectivity index (χ2v) is 5.53. The van der Waals surface area contributed by atoms with E-state index in [-0.39, 0.29) is 12.6 Å². The molecule has 8 heteroatoms.